The number of phosphoric acid groups is 3. The largest absolute Gasteiger partial charge is 0.490 e. The van der Waals surface area contributed by atoms with Crippen molar-refractivity contribution in [2.75, 3.05) is 12.3 Å². The Labute approximate surface area is 182 Å². The zero-order valence-electron chi connectivity index (χ0n) is 16.9. The van der Waals surface area contributed by atoms with E-state index >= 15 is 0 Å². The van der Waals surface area contributed by atoms with E-state index in [9.17, 15) is 23.5 Å². The molecule has 0 bridgehead atoms. The summed E-state index contributed by atoms with van der Waals surface area (Å²) in [6.07, 6.45) is 5.58. The van der Waals surface area contributed by atoms with Gasteiger partial charge in [-0.1, -0.05) is 6.92 Å². The van der Waals surface area contributed by atoms with Gasteiger partial charge in [0, 0.05) is 6.54 Å². The Morgan fingerprint density at radius 2 is 1.88 bits per heavy atom. The summed E-state index contributed by atoms with van der Waals surface area (Å²) >= 11 is 0. The van der Waals surface area contributed by atoms with Gasteiger partial charge in [-0.25, -0.2) is 28.6 Å². The van der Waals surface area contributed by atoms with Crippen LogP contribution in [0.15, 0.2) is 12.7 Å². The summed E-state index contributed by atoms with van der Waals surface area (Å²) in [7, 11) is -16.1. The Morgan fingerprint density at radius 1 is 1.16 bits per heavy atom. The van der Waals surface area contributed by atoms with Crippen LogP contribution in [0.4, 0.5) is 5.82 Å². The van der Waals surface area contributed by atoms with Gasteiger partial charge in [0.05, 0.1) is 12.9 Å². The van der Waals surface area contributed by atoms with Gasteiger partial charge < -0.3 is 29.9 Å². The highest BCUT2D eigenvalue weighted by Crippen LogP contribution is 2.66. The second-order valence-corrected chi connectivity index (χ2v) is 12.1. The number of rotatable bonds is 10. The Balaban J connectivity index is 1.62. The summed E-state index contributed by atoms with van der Waals surface area (Å²) in [5.74, 6) is 0.437. The van der Waals surface area contributed by atoms with Gasteiger partial charge in [0.1, 0.15) is 11.8 Å². The van der Waals surface area contributed by atoms with Crippen molar-refractivity contribution in [3.63, 3.8) is 0 Å². The molecule has 2 unspecified atom stereocenters. The highest BCUT2D eigenvalue weighted by molar-refractivity contribution is 7.66. The summed E-state index contributed by atoms with van der Waals surface area (Å²) in [6.45, 7) is 2.18. The molecule has 1 fully saturated rings. The standard InChI is InChI=1S/C14H24N5O10P3/c1-2-14(7-27-31(23,24)29-32(25,26)28-30(20,21)22)4-3-10(5-14)6-19-9-18-11-12(15)16-8-17-13(11)19/h8-10H,2-7H2,1H3,(H,23,24)(H,25,26)(H2,15,16,17)(H2,20,21,22)/t10-,14+/m0/s1. The van der Waals surface area contributed by atoms with E-state index in [0.717, 1.165) is 6.42 Å². The fourth-order valence-electron chi connectivity index (χ4n) is 3.87. The number of aromatic nitrogens is 4. The number of imidazole rings is 1. The maximum absolute atomic E-state index is 12.1. The number of anilines is 1. The number of phosphoric ester groups is 1. The van der Waals surface area contributed by atoms with Crippen LogP contribution in [0.3, 0.4) is 0 Å². The molecular formula is C14H24N5O10P3. The van der Waals surface area contributed by atoms with E-state index < -0.39 is 28.9 Å². The van der Waals surface area contributed by atoms with Crippen LogP contribution in [-0.2, 0) is 33.4 Å². The molecule has 2 heterocycles. The molecule has 3 rings (SSSR count). The van der Waals surface area contributed by atoms with Gasteiger partial charge in [0.2, 0.25) is 0 Å². The second kappa shape index (κ2) is 9.19. The van der Waals surface area contributed by atoms with Crippen LogP contribution in [0.5, 0.6) is 0 Å². The van der Waals surface area contributed by atoms with Crippen LogP contribution in [0, 0.1) is 11.3 Å². The van der Waals surface area contributed by atoms with Gasteiger partial charge in [0.25, 0.3) is 0 Å². The number of nitrogens with two attached hydrogens (primary N) is 1. The van der Waals surface area contributed by atoms with Crippen LogP contribution < -0.4 is 5.73 Å². The lowest BCUT2D eigenvalue weighted by Gasteiger charge is -2.28. The van der Waals surface area contributed by atoms with Crippen LogP contribution in [0.2, 0.25) is 0 Å². The number of nitrogen functional groups attached to an aromatic ring is 1. The molecular weight excluding hydrogens is 491 g/mol. The lowest BCUT2D eigenvalue weighted by Crippen LogP contribution is -2.23. The minimum absolute atomic E-state index is 0.160. The lowest BCUT2D eigenvalue weighted by molar-refractivity contribution is 0.0988. The Kier molecular flexibility index (Phi) is 7.29. The third-order valence-electron chi connectivity index (χ3n) is 5.39. The van der Waals surface area contributed by atoms with Crippen molar-refractivity contribution in [3.05, 3.63) is 12.7 Å². The van der Waals surface area contributed by atoms with Crippen molar-refractivity contribution in [3.8, 4) is 0 Å². The molecule has 1 saturated carbocycles. The molecule has 4 atom stereocenters. The Bertz CT molecular complexity index is 1120. The number of fused-ring (bicyclic) bond motifs is 1. The molecule has 2 aromatic heterocycles. The second-order valence-electron chi connectivity index (χ2n) is 7.65. The lowest BCUT2D eigenvalue weighted by atomic mass is 9.83. The quantitative estimate of drug-likeness (QED) is 0.285. The minimum Gasteiger partial charge on any atom is -0.382 e. The molecule has 6 N–H and O–H groups in total. The van der Waals surface area contributed by atoms with Gasteiger partial charge in [-0.15, -0.1) is 0 Å². The smallest absolute Gasteiger partial charge is 0.382 e. The fraction of sp³-hybridized carbons (Fsp3) is 0.643. The number of hydrogen-bond donors (Lipinski definition) is 5. The van der Waals surface area contributed by atoms with Crippen molar-refractivity contribution in [1.82, 2.24) is 19.5 Å². The molecule has 32 heavy (non-hydrogen) atoms. The minimum atomic E-state index is -5.54. The zero-order valence-corrected chi connectivity index (χ0v) is 19.6. The summed E-state index contributed by atoms with van der Waals surface area (Å²) in [4.78, 5) is 48.5. The van der Waals surface area contributed by atoms with E-state index in [2.05, 4.69) is 23.6 Å². The molecule has 180 valence electrons. The molecule has 0 amide bonds. The van der Waals surface area contributed by atoms with E-state index in [1.165, 1.54) is 6.33 Å². The average molecular weight is 515 g/mol. The van der Waals surface area contributed by atoms with E-state index in [0.29, 0.717) is 37.0 Å². The Hall–Kier alpha value is -1.24. The first-order valence-electron chi connectivity index (χ1n) is 9.43. The van der Waals surface area contributed by atoms with Crippen LogP contribution in [-0.4, -0.2) is 45.7 Å². The molecule has 1 aliphatic carbocycles. The summed E-state index contributed by atoms with van der Waals surface area (Å²) in [6, 6.07) is 0. The molecule has 0 radical (unpaired) electrons. The maximum atomic E-state index is 12.1. The normalized spacial score (nSPS) is 25.6. The van der Waals surface area contributed by atoms with Crippen molar-refractivity contribution >= 4 is 40.4 Å². The predicted octanol–water partition coefficient (Wildman–Crippen LogP) is 1.95. The SMILES string of the molecule is CC[C@@]1(COP(=O)(O)OP(=O)(O)OP(=O)(O)O)CC[C@H](Cn2cnc3c(N)ncnc32)C1. The topological polar surface area (TPSA) is 229 Å². The zero-order chi connectivity index (χ0) is 23.8. The monoisotopic (exact) mass is 515 g/mol. The molecule has 0 saturated heterocycles. The number of nitrogens with zero attached hydrogens (tertiary/aromatic N) is 4. The first-order valence-corrected chi connectivity index (χ1v) is 13.9. The number of hydrogen-bond acceptors (Lipinski definition) is 10. The van der Waals surface area contributed by atoms with E-state index in [1.807, 2.05) is 11.5 Å². The van der Waals surface area contributed by atoms with Crippen LogP contribution in [0.25, 0.3) is 11.2 Å². The van der Waals surface area contributed by atoms with Crippen LogP contribution >= 0.6 is 23.5 Å². The third kappa shape index (κ3) is 6.42. The summed E-state index contributed by atoms with van der Waals surface area (Å²) < 4.78 is 48.5. The molecule has 0 aromatic carbocycles. The fourth-order valence-corrected chi connectivity index (χ4v) is 7.00. The van der Waals surface area contributed by atoms with E-state index in [1.54, 1.807) is 6.33 Å². The molecule has 0 spiro atoms. The summed E-state index contributed by atoms with van der Waals surface area (Å²) in [5, 5.41) is 0. The van der Waals surface area contributed by atoms with Crippen molar-refractivity contribution in [2.45, 2.75) is 39.2 Å². The van der Waals surface area contributed by atoms with Gasteiger partial charge in [-0.2, -0.15) is 8.62 Å². The molecule has 2 aromatic rings. The van der Waals surface area contributed by atoms with E-state index in [4.69, 9.17) is 20.0 Å². The van der Waals surface area contributed by atoms with Crippen molar-refractivity contribution in [2.24, 2.45) is 11.3 Å². The van der Waals surface area contributed by atoms with Crippen molar-refractivity contribution < 1.29 is 46.4 Å². The predicted molar refractivity (Wildman–Crippen MR) is 110 cm³/mol. The van der Waals surface area contributed by atoms with Gasteiger partial charge in [-0.3, -0.25) is 4.52 Å². The molecule has 0 aliphatic heterocycles. The first kappa shape index (κ1) is 25.4. The molecule has 15 nitrogen and oxygen atoms in total. The van der Waals surface area contributed by atoms with Gasteiger partial charge in [0.15, 0.2) is 11.5 Å². The van der Waals surface area contributed by atoms with Crippen LogP contribution in [0.1, 0.15) is 32.6 Å². The first-order chi connectivity index (χ1) is 14.7. The van der Waals surface area contributed by atoms with Crippen molar-refractivity contribution in [1.29, 1.82) is 0 Å². The highest BCUT2D eigenvalue weighted by Gasteiger charge is 2.44. The molecule has 18 heteroatoms. The van der Waals surface area contributed by atoms with Gasteiger partial charge >= 0.3 is 23.5 Å². The van der Waals surface area contributed by atoms with Gasteiger partial charge in [-0.05, 0) is 37.0 Å². The summed E-state index contributed by atoms with van der Waals surface area (Å²) in [5.41, 5.74) is 6.39. The molecule has 1 aliphatic rings. The third-order valence-corrected chi connectivity index (χ3v) is 9.17. The highest BCUT2D eigenvalue weighted by atomic mass is 31.3. The average Bonchev–Trinajstić information content (AvgIpc) is 3.24. The van der Waals surface area contributed by atoms with E-state index in [-0.39, 0.29) is 18.3 Å². The Morgan fingerprint density at radius 3 is 2.53 bits per heavy atom. The maximum Gasteiger partial charge on any atom is 0.490 e.